The van der Waals surface area contributed by atoms with E-state index in [1.54, 1.807) is 0 Å². The predicted molar refractivity (Wildman–Crippen MR) is 118 cm³/mol. The lowest BCUT2D eigenvalue weighted by Crippen LogP contribution is -2.37. The van der Waals surface area contributed by atoms with E-state index >= 15 is 0 Å². The number of morpholine rings is 1. The Hall–Kier alpha value is -2.68. The number of hydrogen-bond acceptors (Lipinski definition) is 7. The summed E-state index contributed by atoms with van der Waals surface area (Å²) in [6.07, 6.45) is -2.12. The van der Waals surface area contributed by atoms with Crippen molar-refractivity contribution in [2.75, 3.05) is 51.7 Å². The van der Waals surface area contributed by atoms with Crippen LogP contribution in [0.2, 0.25) is 5.02 Å². The molecule has 1 aromatic heterocycles. The lowest BCUT2D eigenvalue weighted by atomic mass is 10.2. The van der Waals surface area contributed by atoms with Crippen molar-refractivity contribution in [3.05, 3.63) is 47.5 Å². The van der Waals surface area contributed by atoms with Gasteiger partial charge in [0.25, 0.3) is 0 Å². The highest BCUT2D eigenvalue weighted by molar-refractivity contribution is 6.31. The third-order valence-electron chi connectivity index (χ3n) is 4.43. The van der Waals surface area contributed by atoms with Crippen LogP contribution in [0.15, 0.2) is 36.7 Å². The first-order valence-corrected chi connectivity index (χ1v) is 9.61. The van der Waals surface area contributed by atoms with Crippen molar-refractivity contribution in [2.24, 2.45) is 0 Å². The molecule has 2 heterocycles. The van der Waals surface area contributed by atoms with Crippen LogP contribution >= 0.6 is 11.6 Å². The van der Waals surface area contributed by atoms with Crippen LogP contribution in [0.3, 0.4) is 0 Å². The van der Waals surface area contributed by atoms with Gasteiger partial charge in [-0.2, -0.15) is 0 Å². The van der Waals surface area contributed by atoms with E-state index in [-0.39, 0.29) is 48.0 Å². The molecule has 3 aromatic rings. The lowest BCUT2D eigenvalue weighted by molar-refractivity contribution is 0.0357. The van der Waals surface area contributed by atoms with Crippen LogP contribution in [-0.4, -0.2) is 61.3 Å². The minimum Gasteiger partial charge on any atom is -0.493 e. The van der Waals surface area contributed by atoms with E-state index in [0.29, 0.717) is 5.69 Å². The van der Waals surface area contributed by atoms with Crippen LogP contribution in [-0.2, 0) is 4.74 Å². The molecule has 1 aliphatic rings. The van der Waals surface area contributed by atoms with E-state index in [2.05, 4.69) is 15.3 Å². The maximum Gasteiger partial charge on any atom is 0.162 e. The highest BCUT2D eigenvalue weighted by Gasteiger charge is 2.14. The molecule has 1 N–H and O–H groups in total. The fourth-order valence-corrected chi connectivity index (χ4v) is 3.07. The number of benzene rings is 2. The highest BCUT2D eigenvalue weighted by atomic mass is 35.5. The molecule has 0 radical (unpaired) electrons. The first-order valence-electron chi connectivity index (χ1n) is 13.7. The van der Waals surface area contributed by atoms with Crippen molar-refractivity contribution in [2.45, 2.75) is 6.37 Å². The Morgan fingerprint density at radius 1 is 1.26 bits per heavy atom. The second-order valence-electron chi connectivity index (χ2n) is 6.43. The van der Waals surface area contributed by atoms with Crippen LogP contribution < -0.4 is 14.8 Å². The third kappa shape index (κ3) is 5.33. The van der Waals surface area contributed by atoms with Crippen molar-refractivity contribution in [3.8, 4) is 11.5 Å². The Labute approximate surface area is 197 Å². The molecule has 9 heteroatoms. The Morgan fingerprint density at radius 2 is 2.13 bits per heavy atom. The number of nitrogens with one attached hydrogen (secondary N) is 1. The number of anilines is 2. The van der Waals surface area contributed by atoms with E-state index in [4.69, 9.17) is 38.1 Å². The quantitative estimate of drug-likeness (QED) is 0.543. The number of halogens is 2. The second-order valence-corrected chi connectivity index (χ2v) is 6.84. The number of nitrogens with zero attached hydrogens (tertiary/aromatic N) is 3. The Bertz CT molecular complexity index is 1390. The molecule has 1 fully saturated rings. The van der Waals surface area contributed by atoms with Gasteiger partial charge in [-0.25, -0.2) is 14.4 Å². The monoisotopic (exact) mass is 455 g/mol. The van der Waals surface area contributed by atoms with Crippen LogP contribution in [0.25, 0.3) is 10.9 Å². The Morgan fingerprint density at radius 3 is 2.94 bits per heavy atom. The van der Waals surface area contributed by atoms with Crippen LogP contribution in [0.1, 0.15) is 18.7 Å². The molecule has 0 amide bonds. The van der Waals surface area contributed by atoms with E-state index in [1.807, 2.05) is 0 Å². The van der Waals surface area contributed by atoms with Gasteiger partial charge in [0.15, 0.2) is 11.5 Å². The maximum atomic E-state index is 13.6. The van der Waals surface area contributed by atoms with Gasteiger partial charge in [-0.3, -0.25) is 4.90 Å². The van der Waals surface area contributed by atoms with Crippen molar-refractivity contribution in [1.29, 1.82) is 0 Å². The van der Waals surface area contributed by atoms with Crippen molar-refractivity contribution >= 4 is 34.0 Å². The highest BCUT2D eigenvalue weighted by Crippen LogP contribution is 2.35. The summed E-state index contributed by atoms with van der Waals surface area (Å²) in [5.74, 6) is -1.57. The van der Waals surface area contributed by atoms with E-state index < -0.39 is 43.8 Å². The topological polar surface area (TPSA) is 68.7 Å². The summed E-state index contributed by atoms with van der Waals surface area (Å²) < 4.78 is 102. The molecule has 0 spiro atoms. The van der Waals surface area contributed by atoms with Crippen LogP contribution in [0.5, 0.6) is 11.5 Å². The first kappa shape index (κ1) is 13.0. The normalized spacial score (nSPS) is 20.6. The average Bonchev–Trinajstić information content (AvgIpc) is 2.86. The van der Waals surface area contributed by atoms with Crippen molar-refractivity contribution < 1.29 is 30.9 Å². The number of methoxy groups -OCH3 is 1. The summed E-state index contributed by atoms with van der Waals surface area (Å²) in [6, 6.07) is 6.10. The van der Waals surface area contributed by atoms with Gasteiger partial charge in [-0.15, -0.1) is 0 Å². The van der Waals surface area contributed by atoms with E-state index in [1.165, 1.54) is 12.1 Å². The molecule has 0 aliphatic carbocycles. The smallest absolute Gasteiger partial charge is 0.162 e. The van der Waals surface area contributed by atoms with Gasteiger partial charge in [0, 0.05) is 42.2 Å². The predicted octanol–water partition coefficient (Wildman–Crippen LogP) is 4.28. The van der Waals surface area contributed by atoms with Gasteiger partial charge in [-0.1, -0.05) is 11.6 Å². The van der Waals surface area contributed by atoms with E-state index in [9.17, 15) is 4.39 Å². The molecule has 1 saturated heterocycles. The molecule has 0 saturated carbocycles. The standard InChI is InChI=1S/C22H24ClFN4O3/c1-29-20-13-19-16(12-21(20)31-8-2-5-28-6-9-30-10-7-28)22(26-14-25-19)27-15-3-4-18(24)17(23)11-15/h3-4,11-14H,2,5-10H2,1H3,(H,25,26,27)/i1D3,2D2,5D2,8D2. The molecule has 0 atom stereocenters. The molecular formula is C22H24ClFN4O3. The average molecular weight is 456 g/mol. The summed E-state index contributed by atoms with van der Waals surface area (Å²) in [6.45, 7) is -5.88. The summed E-state index contributed by atoms with van der Waals surface area (Å²) in [5, 5.41) is 2.92. The largest absolute Gasteiger partial charge is 0.493 e. The van der Waals surface area contributed by atoms with Gasteiger partial charge >= 0.3 is 0 Å². The lowest BCUT2D eigenvalue weighted by Gasteiger charge is -2.26. The zero-order valence-electron chi connectivity index (χ0n) is 25.1. The minimum atomic E-state index is -3.34. The summed E-state index contributed by atoms with van der Waals surface area (Å²) in [5.41, 5.74) is 0.478. The zero-order valence-corrected chi connectivity index (χ0v) is 16.9. The zero-order chi connectivity index (χ0) is 29.5. The fraction of sp³-hybridized carbons (Fsp3) is 0.364. The van der Waals surface area contributed by atoms with Gasteiger partial charge in [0.2, 0.25) is 0 Å². The molecule has 0 bridgehead atoms. The third-order valence-corrected chi connectivity index (χ3v) is 4.72. The maximum absolute atomic E-state index is 13.6. The molecule has 1 aliphatic heterocycles. The Kier molecular flexibility index (Phi) is 4.23. The minimum absolute atomic E-state index is 0.0196. The summed E-state index contributed by atoms with van der Waals surface area (Å²) >= 11 is 5.86. The van der Waals surface area contributed by atoms with Crippen molar-refractivity contribution in [3.63, 3.8) is 0 Å². The number of rotatable bonds is 8. The molecule has 31 heavy (non-hydrogen) atoms. The molecule has 164 valence electrons. The summed E-state index contributed by atoms with van der Waals surface area (Å²) in [4.78, 5) is 9.34. The SMILES string of the molecule is [2H]C([2H])([2H])Oc1cc2ncnc(Nc3ccc(F)c(Cl)c3)c2cc1OC([2H])([2H])C([2H])([2H])C([2H])([2H])N1CCOCC1. The van der Waals surface area contributed by atoms with Gasteiger partial charge in [0.1, 0.15) is 18.0 Å². The number of fused-ring (bicyclic) bond motifs is 1. The Balaban J connectivity index is 1.77. The number of aromatic nitrogens is 2. The van der Waals surface area contributed by atoms with Crippen molar-refractivity contribution in [1.82, 2.24) is 14.9 Å². The van der Waals surface area contributed by atoms with E-state index in [0.717, 1.165) is 29.4 Å². The van der Waals surface area contributed by atoms with Crippen LogP contribution in [0.4, 0.5) is 15.9 Å². The molecule has 2 aromatic carbocycles. The number of hydrogen-bond donors (Lipinski definition) is 1. The van der Waals surface area contributed by atoms with Gasteiger partial charge in [0.05, 0.1) is 44.2 Å². The molecular weight excluding hydrogens is 423 g/mol. The van der Waals surface area contributed by atoms with Gasteiger partial charge < -0.3 is 19.5 Å². The number of ether oxygens (including phenoxy) is 3. The second kappa shape index (κ2) is 10.1. The molecule has 4 rings (SSSR count). The molecule has 7 nitrogen and oxygen atoms in total. The van der Waals surface area contributed by atoms with Gasteiger partial charge in [-0.05, 0) is 30.6 Å². The first-order chi connectivity index (χ1) is 18.5. The summed E-state index contributed by atoms with van der Waals surface area (Å²) in [7, 11) is -3.00. The molecule has 0 unspecified atom stereocenters. The fourth-order valence-electron chi connectivity index (χ4n) is 2.89. The van der Waals surface area contributed by atoms with Crippen LogP contribution in [0, 0.1) is 5.82 Å².